The molecule has 1 aliphatic carbocycles. The number of amides is 1. The van der Waals surface area contributed by atoms with Crippen LogP contribution in [-0.4, -0.2) is 36.2 Å². The Balaban J connectivity index is 2.36. The summed E-state index contributed by atoms with van der Waals surface area (Å²) in [5, 5.41) is 11.6. The van der Waals surface area contributed by atoms with E-state index >= 15 is 0 Å². The maximum absolute atomic E-state index is 11.8. The van der Waals surface area contributed by atoms with Gasteiger partial charge in [-0.25, -0.2) is 0 Å². The first-order chi connectivity index (χ1) is 8.27. The number of methoxy groups -OCH3 is 1. The van der Waals surface area contributed by atoms with Crippen molar-refractivity contribution in [1.29, 1.82) is 0 Å². The molecule has 0 aromatic carbocycles. The Morgan fingerprint density at radius 2 is 2.06 bits per heavy atom. The summed E-state index contributed by atoms with van der Waals surface area (Å²) in [7, 11) is 1.68. The van der Waals surface area contributed by atoms with E-state index in [1.54, 1.807) is 14.0 Å². The molecule has 0 aliphatic heterocycles. The number of carbonyl (C=O) groups excluding carboxylic acids is 1. The van der Waals surface area contributed by atoms with E-state index < -0.39 is 5.97 Å². The Kier molecular flexibility index (Phi) is 4.73. The third-order valence-corrected chi connectivity index (χ3v) is 3.85. The van der Waals surface area contributed by atoms with Gasteiger partial charge in [-0.1, -0.05) is 20.8 Å². The summed E-state index contributed by atoms with van der Waals surface area (Å²) in [6.45, 7) is 5.91. The lowest BCUT2D eigenvalue weighted by Crippen LogP contribution is -2.61. The van der Waals surface area contributed by atoms with Crippen LogP contribution in [0.5, 0.6) is 0 Å². The van der Waals surface area contributed by atoms with E-state index in [9.17, 15) is 9.59 Å². The second-order valence-corrected chi connectivity index (χ2v) is 5.81. The van der Waals surface area contributed by atoms with Crippen LogP contribution >= 0.6 is 0 Å². The molecule has 1 saturated carbocycles. The quantitative estimate of drug-likeness (QED) is 0.754. The topological polar surface area (TPSA) is 75.6 Å². The van der Waals surface area contributed by atoms with Crippen LogP contribution in [0, 0.1) is 11.3 Å². The maximum atomic E-state index is 11.8. The molecule has 3 unspecified atom stereocenters. The van der Waals surface area contributed by atoms with Gasteiger partial charge in [0.25, 0.3) is 0 Å². The molecule has 0 heterocycles. The predicted molar refractivity (Wildman–Crippen MR) is 67.2 cm³/mol. The van der Waals surface area contributed by atoms with Gasteiger partial charge in [0.1, 0.15) is 0 Å². The van der Waals surface area contributed by atoms with Gasteiger partial charge in [0.2, 0.25) is 5.91 Å². The minimum absolute atomic E-state index is 0.0299. The highest BCUT2D eigenvalue weighted by atomic mass is 16.5. The molecule has 3 atom stereocenters. The van der Waals surface area contributed by atoms with Crippen LogP contribution in [0.15, 0.2) is 0 Å². The Morgan fingerprint density at radius 1 is 1.44 bits per heavy atom. The number of hydrogen-bond acceptors (Lipinski definition) is 3. The van der Waals surface area contributed by atoms with Gasteiger partial charge in [0.05, 0.1) is 6.10 Å². The number of rotatable bonds is 6. The van der Waals surface area contributed by atoms with E-state index in [0.29, 0.717) is 0 Å². The zero-order valence-corrected chi connectivity index (χ0v) is 11.5. The highest BCUT2D eigenvalue weighted by Crippen LogP contribution is 2.42. The van der Waals surface area contributed by atoms with E-state index in [0.717, 1.165) is 6.42 Å². The zero-order valence-electron chi connectivity index (χ0n) is 11.5. The molecule has 1 fully saturated rings. The maximum Gasteiger partial charge on any atom is 0.303 e. The molecule has 0 aromatic rings. The van der Waals surface area contributed by atoms with Gasteiger partial charge in [-0.05, 0) is 12.3 Å². The average Bonchev–Trinajstić information content (AvgIpc) is 2.22. The van der Waals surface area contributed by atoms with Crippen molar-refractivity contribution in [3.05, 3.63) is 0 Å². The molecule has 1 rings (SSSR count). The van der Waals surface area contributed by atoms with E-state index in [2.05, 4.69) is 19.2 Å². The number of hydrogen-bond donors (Lipinski definition) is 2. The van der Waals surface area contributed by atoms with Crippen LogP contribution in [-0.2, 0) is 14.3 Å². The number of carboxylic acid groups (broad SMARTS) is 1. The second-order valence-electron chi connectivity index (χ2n) is 5.81. The first-order valence-corrected chi connectivity index (χ1v) is 6.31. The Labute approximate surface area is 108 Å². The van der Waals surface area contributed by atoms with Crippen molar-refractivity contribution < 1.29 is 19.4 Å². The van der Waals surface area contributed by atoms with Crippen LogP contribution in [0.3, 0.4) is 0 Å². The van der Waals surface area contributed by atoms with E-state index in [4.69, 9.17) is 9.84 Å². The fraction of sp³-hybridized carbons (Fsp3) is 0.846. The van der Waals surface area contributed by atoms with Crippen molar-refractivity contribution in [2.75, 3.05) is 7.11 Å². The second kappa shape index (κ2) is 5.69. The van der Waals surface area contributed by atoms with Gasteiger partial charge in [-0.3, -0.25) is 9.59 Å². The highest BCUT2D eigenvalue weighted by molar-refractivity contribution is 5.77. The number of nitrogens with one attached hydrogen (secondary N) is 1. The first-order valence-electron chi connectivity index (χ1n) is 6.31. The van der Waals surface area contributed by atoms with Crippen LogP contribution in [0.2, 0.25) is 0 Å². The number of carboxylic acids is 1. The summed E-state index contributed by atoms with van der Waals surface area (Å²) < 4.78 is 5.32. The summed E-state index contributed by atoms with van der Waals surface area (Å²) in [5.41, 5.74) is -0.0551. The molecule has 5 nitrogen and oxygen atoms in total. The largest absolute Gasteiger partial charge is 0.481 e. The van der Waals surface area contributed by atoms with Gasteiger partial charge in [-0.2, -0.15) is 0 Å². The molecule has 0 bridgehead atoms. The smallest absolute Gasteiger partial charge is 0.303 e. The van der Waals surface area contributed by atoms with Gasteiger partial charge in [0.15, 0.2) is 0 Å². The summed E-state index contributed by atoms with van der Waals surface area (Å²) in [6, 6.07) is 0.118. The molecule has 2 N–H and O–H groups in total. The molecule has 0 spiro atoms. The van der Waals surface area contributed by atoms with Crippen molar-refractivity contribution >= 4 is 11.9 Å². The minimum atomic E-state index is -0.862. The Morgan fingerprint density at radius 3 is 2.50 bits per heavy atom. The van der Waals surface area contributed by atoms with E-state index in [1.807, 2.05) is 0 Å². The molecule has 18 heavy (non-hydrogen) atoms. The Bertz CT molecular complexity index is 327. The van der Waals surface area contributed by atoms with Crippen LogP contribution < -0.4 is 5.32 Å². The molecule has 0 saturated heterocycles. The first kappa shape index (κ1) is 15.0. The van der Waals surface area contributed by atoms with Crippen LogP contribution in [0.25, 0.3) is 0 Å². The van der Waals surface area contributed by atoms with Crippen molar-refractivity contribution in [2.45, 2.75) is 52.2 Å². The number of aliphatic carboxylic acids is 1. The van der Waals surface area contributed by atoms with Gasteiger partial charge < -0.3 is 15.2 Å². The molecular formula is C13H23NO4. The number of carbonyl (C=O) groups is 2. The monoisotopic (exact) mass is 257 g/mol. The van der Waals surface area contributed by atoms with E-state index in [-0.39, 0.29) is 42.2 Å². The number of ether oxygens (including phenoxy) is 1. The lowest BCUT2D eigenvalue weighted by molar-refractivity contribution is -0.138. The van der Waals surface area contributed by atoms with Crippen molar-refractivity contribution in [1.82, 2.24) is 5.32 Å². The summed E-state index contributed by atoms with van der Waals surface area (Å²) >= 11 is 0. The van der Waals surface area contributed by atoms with Crippen molar-refractivity contribution in [3.8, 4) is 0 Å². The third-order valence-electron chi connectivity index (χ3n) is 3.85. The van der Waals surface area contributed by atoms with Crippen LogP contribution in [0.4, 0.5) is 0 Å². The predicted octanol–water partition coefficient (Wildman–Crippen LogP) is 1.42. The molecular weight excluding hydrogens is 234 g/mol. The molecule has 0 radical (unpaired) electrons. The SMILES string of the molecule is COC1CC(NC(=O)CC(C)CC(=O)O)C1(C)C. The summed E-state index contributed by atoms with van der Waals surface area (Å²) in [4.78, 5) is 22.3. The standard InChI is InChI=1S/C13H23NO4/c1-8(6-12(16)17)5-11(15)14-9-7-10(18-4)13(9,2)3/h8-10H,5-7H2,1-4H3,(H,14,15)(H,16,17). The van der Waals surface area contributed by atoms with Gasteiger partial charge in [-0.15, -0.1) is 0 Å². The molecule has 1 aliphatic rings. The highest BCUT2D eigenvalue weighted by Gasteiger charge is 2.49. The van der Waals surface area contributed by atoms with Gasteiger partial charge in [0, 0.05) is 31.4 Å². The summed E-state index contributed by atoms with van der Waals surface area (Å²) in [6.07, 6.45) is 1.29. The normalized spacial score (nSPS) is 27.1. The minimum Gasteiger partial charge on any atom is -0.481 e. The van der Waals surface area contributed by atoms with Crippen molar-refractivity contribution in [3.63, 3.8) is 0 Å². The van der Waals surface area contributed by atoms with Crippen LogP contribution in [0.1, 0.15) is 40.0 Å². The third kappa shape index (κ3) is 3.45. The molecule has 104 valence electrons. The summed E-state index contributed by atoms with van der Waals surface area (Å²) in [5.74, 6) is -1.07. The molecule has 1 amide bonds. The average molecular weight is 257 g/mol. The van der Waals surface area contributed by atoms with E-state index in [1.165, 1.54) is 0 Å². The van der Waals surface area contributed by atoms with Crippen molar-refractivity contribution in [2.24, 2.45) is 11.3 Å². The molecule has 0 aromatic heterocycles. The fourth-order valence-electron chi connectivity index (χ4n) is 2.47. The Hall–Kier alpha value is -1.10. The van der Waals surface area contributed by atoms with Gasteiger partial charge >= 0.3 is 5.97 Å². The molecule has 5 heteroatoms. The zero-order chi connectivity index (χ0) is 13.9. The fourth-order valence-corrected chi connectivity index (χ4v) is 2.47. The lowest BCUT2D eigenvalue weighted by atomic mass is 9.64. The lowest BCUT2D eigenvalue weighted by Gasteiger charge is -2.51.